The number of aromatic nitrogens is 1. The Morgan fingerprint density at radius 2 is 2.46 bits per heavy atom. The molecule has 0 bridgehead atoms. The molecule has 1 atom stereocenters. The number of hydrogen-bond acceptors (Lipinski definition) is 3. The maximum atomic E-state index is 10.5. The summed E-state index contributed by atoms with van der Waals surface area (Å²) >= 11 is 7.00. The number of nitrogens with zero attached hydrogens (tertiary/aromatic N) is 1. The van der Waals surface area contributed by atoms with Gasteiger partial charge in [-0.15, -0.1) is 11.8 Å². The first-order chi connectivity index (χ1) is 6.11. The molecule has 1 unspecified atom stereocenters. The molecule has 0 aromatic carbocycles. The Bertz CT molecular complexity index is 319. The van der Waals surface area contributed by atoms with Crippen molar-refractivity contribution in [3.05, 3.63) is 23.5 Å². The summed E-state index contributed by atoms with van der Waals surface area (Å²) in [5.74, 6) is -0.849. The van der Waals surface area contributed by atoms with Crippen molar-refractivity contribution in [1.82, 2.24) is 4.98 Å². The number of halogens is 1. The van der Waals surface area contributed by atoms with Crippen molar-refractivity contribution < 1.29 is 9.90 Å². The average molecular weight is 218 g/mol. The van der Waals surface area contributed by atoms with Gasteiger partial charge in [-0.1, -0.05) is 11.6 Å². The predicted molar refractivity (Wildman–Crippen MR) is 52.2 cm³/mol. The lowest BCUT2D eigenvalue weighted by molar-refractivity contribution is -0.136. The fourth-order valence-corrected chi connectivity index (χ4v) is 1.74. The van der Waals surface area contributed by atoms with Crippen molar-refractivity contribution in [2.45, 2.75) is 17.1 Å². The molecule has 70 valence electrons. The van der Waals surface area contributed by atoms with E-state index >= 15 is 0 Å². The van der Waals surface area contributed by atoms with E-state index < -0.39 is 11.2 Å². The third-order valence-corrected chi connectivity index (χ3v) is 2.97. The molecule has 1 aromatic heterocycles. The summed E-state index contributed by atoms with van der Waals surface area (Å²) in [6.07, 6.45) is 3.08. The van der Waals surface area contributed by atoms with Gasteiger partial charge < -0.3 is 5.11 Å². The van der Waals surface area contributed by atoms with Gasteiger partial charge in [0, 0.05) is 17.3 Å². The molecule has 0 radical (unpaired) electrons. The Balaban J connectivity index is 2.74. The van der Waals surface area contributed by atoms with Crippen LogP contribution < -0.4 is 0 Å². The Morgan fingerprint density at radius 1 is 1.77 bits per heavy atom. The fourth-order valence-electron chi connectivity index (χ4n) is 0.699. The highest BCUT2D eigenvalue weighted by Crippen LogP contribution is 2.29. The first kappa shape index (κ1) is 10.3. The van der Waals surface area contributed by atoms with Crippen LogP contribution in [0.2, 0.25) is 5.02 Å². The minimum absolute atomic E-state index is 0.487. The zero-order chi connectivity index (χ0) is 9.84. The van der Waals surface area contributed by atoms with Gasteiger partial charge in [0.2, 0.25) is 0 Å². The maximum Gasteiger partial charge on any atom is 0.316 e. The lowest BCUT2D eigenvalue weighted by Crippen LogP contribution is -2.11. The van der Waals surface area contributed by atoms with Crippen LogP contribution in [0, 0.1) is 0 Å². The summed E-state index contributed by atoms with van der Waals surface area (Å²) in [6, 6.07) is 1.70. The summed E-state index contributed by atoms with van der Waals surface area (Å²) in [6.45, 7) is 1.61. The first-order valence-electron chi connectivity index (χ1n) is 3.60. The molecule has 0 spiro atoms. The molecule has 3 nitrogen and oxygen atoms in total. The van der Waals surface area contributed by atoms with E-state index in [1.54, 1.807) is 19.2 Å². The standard InChI is InChI=1S/C8H8ClNO2S/c1-5(8(11)12)13-7-2-3-10-4-6(7)9/h2-5H,1H3,(H,11,12). The highest BCUT2D eigenvalue weighted by atomic mass is 35.5. The Morgan fingerprint density at radius 3 is 3.00 bits per heavy atom. The van der Waals surface area contributed by atoms with Crippen molar-refractivity contribution in [2.75, 3.05) is 0 Å². The van der Waals surface area contributed by atoms with E-state index in [4.69, 9.17) is 16.7 Å². The topological polar surface area (TPSA) is 50.2 Å². The van der Waals surface area contributed by atoms with Gasteiger partial charge in [-0.25, -0.2) is 0 Å². The lowest BCUT2D eigenvalue weighted by atomic mass is 10.5. The molecular formula is C8H8ClNO2S. The molecule has 0 amide bonds. The number of carboxylic acids is 1. The van der Waals surface area contributed by atoms with Crippen LogP contribution in [0.3, 0.4) is 0 Å². The zero-order valence-electron chi connectivity index (χ0n) is 6.90. The molecule has 1 aromatic rings. The summed E-state index contributed by atoms with van der Waals surface area (Å²) in [5.41, 5.74) is 0. The normalized spacial score (nSPS) is 12.5. The number of carboxylic acid groups (broad SMARTS) is 1. The van der Waals surface area contributed by atoms with Crippen molar-refractivity contribution in [1.29, 1.82) is 0 Å². The van der Waals surface area contributed by atoms with Crippen LogP contribution in [0.15, 0.2) is 23.4 Å². The molecule has 5 heteroatoms. The van der Waals surface area contributed by atoms with E-state index in [0.717, 1.165) is 4.90 Å². The van der Waals surface area contributed by atoms with Gasteiger partial charge in [0.1, 0.15) is 5.25 Å². The maximum absolute atomic E-state index is 10.5. The van der Waals surface area contributed by atoms with Crippen LogP contribution in [0.1, 0.15) is 6.92 Å². The van der Waals surface area contributed by atoms with Crippen molar-refractivity contribution >= 4 is 29.3 Å². The third kappa shape index (κ3) is 2.90. The number of pyridine rings is 1. The Hall–Kier alpha value is -0.740. The molecule has 0 aliphatic carbocycles. The van der Waals surface area contributed by atoms with E-state index in [1.165, 1.54) is 18.0 Å². The second-order valence-electron chi connectivity index (χ2n) is 2.40. The third-order valence-electron chi connectivity index (χ3n) is 1.39. The first-order valence-corrected chi connectivity index (χ1v) is 4.86. The summed E-state index contributed by atoms with van der Waals surface area (Å²) in [7, 11) is 0. The number of thioether (sulfide) groups is 1. The predicted octanol–water partition coefficient (Wildman–Crippen LogP) is 2.30. The van der Waals surface area contributed by atoms with Crippen LogP contribution in [0.4, 0.5) is 0 Å². The fraction of sp³-hybridized carbons (Fsp3) is 0.250. The van der Waals surface area contributed by atoms with Crippen molar-refractivity contribution in [3.63, 3.8) is 0 Å². The van der Waals surface area contributed by atoms with Gasteiger partial charge in [-0.3, -0.25) is 9.78 Å². The monoisotopic (exact) mass is 217 g/mol. The number of carbonyl (C=O) groups is 1. The molecule has 0 aliphatic heterocycles. The zero-order valence-corrected chi connectivity index (χ0v) is 8.47. The van der Waals surface area contributed by atoms with E-state index in [9.17, 15) is 4.79 Å². The van der Waals surface area contributed by atoms with E-state index in [-0.39, 0.29) is 0 Å². The minimum Gasteiger partial charge on any atom is -0.480 e. The number of rotatable bonds is 3. The molecule has 0 aliphatic rings. The number of aliphatic carboxylic acids is 1. The van der Waals surface area contributed by atoms with Crippen LogP contribution in [0.5, 0.6) is 0 Å². The Labute approximate surface area is 85.1 Å². The highest BCUT2D eigenvalue weighted by Gasteiger charge is 2.13. The van der Waals surface area contributed by atoms with Crippen LogP contribution in [-0.2, 0) is 4.79 Å². The smallest absolute Gasteiger partial charge is 0.316 e. The molecule has 0 saturated heterocycles. The van der Waals surface area contributed by atoms with E-state index in [1.807, 2.05) is 0 Å². The quantitative estimate of drug-likeness (QED) is 0.790. The van der Waals surface area contributed by atoms with Crippen molar-refractivity contribution in [3.8, 4) is 0 Å². The van der Waals surface area contributed by atoms with Crippen LogP contribution in [0.25, 0.3) is 0 Å². The van der Waals surface area contributed by atoms with Gasteiger partial charge in [0.15, 0.2) is 0 Å². The second kappa shape index (κ2) is 4.48. The molecule has 1 heterocycles. The van der Waals surface area contributed by atoms with E-state index in [0.29, 0.717) is 5.02 Å². The molecule has 1 N–H and O–H groups in total. The average Bonchev–Trinajstić information content (AvgIpc) is 2.08. The minimum atomic E-state index is -0.849. The van der Waals surface area contributed by atoms with Crippen molar-refractivity contribution in [2.24, 2.45) is 0 Å². The van der Waals surface area contributed by atoms with Gasteiger partial charge in [0.05, 0.1) is 5.02 Å². The van der Waals surface area contributed by atoms with Gasteiger partial charge in [-0.05, 0) is 13.0 Å². The Kier molecular flexibility index (Phi) is 3.57. The summed E-state index contributed by atoms with van der Waals surface area (Å²) in [5, 5.41) is 8.64. The van der Waals surface area contributed by atoms with Crippen LogP contribution >= 0.6 is 23.4 Å². The number of hydrogen-bond donors (Lipinski definition) is 1. The highest BCUT2D eigenvalue weighted by molar-refractivity contribution is 8.00. The second-order valence-corrected chi connectivity index (χ2v) is 4.19. The molecule has 0 saturated carbocycles. The summed E-state index contributed by atoms with van der Waals surface area (Å²) < 4.78 is 0. The van der Waals surface area contributed by atoms with Gasteiger partial charge in [-0.2, -0.15) is 0 Å². The van der Waals surface area contributed by atoms with Crippen LogP contribution in [-0.4, -0.2) is 21.3 Å². The SMILES string of the molecule is CC(Sc1ccncc1Cl)C(=O)O. The van der Waals surface area contributed by atoms with Gasteiger partial charge in [0.25, 0.3) is 0 Å². The molecular weight excluding hydrogens is 210 g/mol. The molecule has 13 heavy (non-hydrogen) atoms. The largest absolute Gasteiger partial charge is 0.480 e. The molecule has 0 fully saturated rings. The van der Waals surface area contributed by atoms with Gasteiger partial charge >= 0.3 is 5.97 Å². The molecule has 1 rings (SSSR count). The van der Waals surface area contributed by atoms with E-state index in [2.05, 4.69) is 4.98 Å². The summed E-state index contributed by atoms with van der Waals surface area (Å²) in [4.78, 5) is 15.1. The lowest BCUT2D eigenvalue weighted by Gasteiger charge is -2.06.